The molecule has 21 heavy (non-hydrogen) atoms. The van der Waals surface area contributed by atoms with E-state index in [0.717, 1.165) is 11.3 Å². The number of benzene rings is 1. The average Bonchev–Trinajstić information content (AvgIpc) is 2.49. The molecular weight excluding hydrogens is 292 g/mol. The molecule has 0 aliphatic heterocycles. The van der Waals surface area contributed by atoms with Crippen LogP contribution in [0.2, 0.25) is 0 Å². The van der Waals surface area contributed by atoms with E-state index in [4.69, 9.17) is 15.2 Å². The summed E-state index contributed by atoms with van der Waals surface area (Å²) < 4.78 is 10.7. The lowest BCUT2D eigenvalue weighted by Gasteiger charge is -2.15. The van der Waals surface area contributed by atoms with Crippen molar-refractivity contribution in [2.45, 2.75) is 26.6 Å². The molecule has 0 bridgehead atoms. The van der Waals surface area contributed by atoms with E-state index in [0.29, 0.717) is 19.7 Å². The van der Waals surface area contributed by atoms with Crippen LogP contribution in [-0.2, 0) is 16.1 Å². The number of carbonyl (C=O) groups is 1. The van der Waals surface area contributed by atoms with Crippen LogP contribution in [-0.4, -0.2) is 32.2 Å². The lowest BCUT2D eigenvalue weighted by atomic mass is 10.2. The predicted octanol–water partition coefficient (Wildman–Crippen LogP) is 1.73. The molecule has 1 aromatic rings. The molecule has 0 aliphatic rings. The summed E-state index contributed by atoms with van der Waals surface area (Å²) in [5.74, 6) is 0.928. The van der Waals surface area contributed by atoms with E-state index in [9.17, 15) is 4.79 Å². The molecule has 1 aromatic carbocycles. The summed E-state index contributed by atoms with van der Waals surface area (Å²) in [6.45, 7) is 5.23. The molecule has 0 radical (unpaired) electrons. The Morgan fingerprint density at radius 1 is 1.38 bits per heavy atom. The number of rotatable bonds is 8. The monoisotopic (exact) mass is 316 g/mol. The first-order valence-corrected chi connectivity index (χ1v) is 6.79. The summed E-state index contributed by atoms with van der Waals surface area (Å²) in [6.07, 6.45) is -0.494. The molecule has 1 rings (SSSR count). The molecule has 6 heteroatoms. The normalized spacial score (nSPS) is 13.0. The van der Waals surface area contributed by atoms with Gasteiger partial charge in [-0.1, -0.05) is 19.1 Å². The third-order valence-corrected chi connectivity index (χ3v) is 3.03. The van der Waals surface area contributed by atoms with Crippen molar-refractivity contribution in [3.05, 3.63) is 29.8 Å². The van der Waals surface area contributed by atoms with Crippen LogP contribution in [0.1, 0.15) is 19.4 Å². The summed E-state index contributed by atoms with van der Waals surface area (Å²) in [6, 6.07) is 7.59. The quantitative estimate of drug-likeness (QED) is 0.766. The Hall–Kier alpha value is -1.30. The van der Waals surface area contributed by atoms with E-state index in [-0.39, 0.29) is 24.2 Å². The summed E-state index contributed by atoms with van der Waals surface area (Å²) >= 11 is 0. The molecule has 2 atom stereocenters. The summed E-state index contributed by atoms with van der Waals surface area (Å²) in [5, 5.41) is 2.82. The zero-order chi connectivity index (χ0) is 15.0. The van der Waals surface area contributed by atoms with Gasteiger partial charge in [-0.3, -0.25) is 4.79 Å². The van der Waals surface area contributed by atoms with Crippen LogP contribution in [0.4, 0.5) is 0 Å². The van der Waals surface area contributed by atoms with E-state index in [1.165, 1.54) is 0 Å². The molecule has 0 saturated carbocycles. The maximum absolute atomic E-state index is 11.8. The maximum Gasteiger partial charge on any atom is 0.248 e. The van der Waals surface area contributed by atoms with Crippen molar-refractivity contribution in [3.8, 4) is 5.75 Å². The van der Waals surface area contributed by atoms with Gasteiger partial charge in [0.2, 0.25) is 5.91 Å². The molecular formula is C15H25ClN2O3. The summed E-state index contributed by atoms with van der Waals surface area (Å²) in [5.41, 5.74) is 6.47. The van der Waals surface area contributed by atoms with Gasteiger partial charge >= 0.3 is 0 Å². The van der Waals surface area contributed by atoms with Crippen molar-refractivity contribution < 1.29 is 14.3 Å². The fourth-order valence-electron chi connectivity index (χ4n) is 1.56. The van der Waals surface area contributed by atoms with Crippen molar-refractivity contribution in [1.29, 1.82) is 0 Å². The highest BCUT2D eigenvalue weighted by Gasteiger charge is 2.13. The second-order valence-corrected chi connectivity index (χ2v) is 4.89. The van der Waals surface area contributed by atoms with E-state index in [1.54, 1.807) is 14.0 Å². The van der Waals surface area contributed by atoms with E-state index < -0.39 is 6.10 Å². The lowest BCUT2D eigenvalue weighted by Crippen LogP contribution is -2.38. The summed E-state index contributed by atoms with van der Waals surface area (Å²) in [4.78, 5) is 11.8. The van der Waals surface area contributed by atoms with Gasteiger partial charge in [-0.25, -0.2) is 0 Å². The average molecular weight is 317 g/mol. The third-order valence-electron chi connectivity index (χ3n) is 3.03. The minimum Gasteiger partial charge on any atom is -0.497 e. The fraction of sp³-hybridized carbons (Fsp3) is 0.533. The van der Waals surface area contributed by atoms with E-state index >= 15 is 0 Å². The van der Waals surface area contributed by atoms with Crippen LogP contribution >= 0.6 is 12.4 Å². The number of hydrogen-bond acceptors (Lipinski definition) is 4. The number of carbonyl (C=O) groups excluding carboxylic acids is 1. The fourth-order valence-corrected chi connectivity index (χ4v) is 1.56. The first kappa shape index (κ1) is 19.7. The molecule has 3 N–H and O–H groups in total. The number of nitrogens with one attached hydrogen (secondary N) is 1. The summed E-state index contributed by atoms with van der Waals surface area (Å²) in [7, 11) is 1.62. The molecule has 0 heterocycles. The molecule has 1 amide bonds. The van der Waals surface area contributed by atoms with Crippen LogP contribution in [0.5, 0.6) is 5.75 Å². The van der Waals surface area contributed by atoms with Gasteiger partial charge in [0.15, 0.2) is 0 Å². The van der Waals surface area contributed by atoms with Gasteiger partial charge < -0.3 is 20.5 Å². The largest absolute Gasteiger partial charge is 0.497 e. The van der Waals surface area contributed by atoms with Gasteiger partial charge in [0.25, 0.3) is 0 Å². The van der Waals surface area contributed by atoms with Gasteiger partial charge in [-0.05, 0) is 37.1 Å². The number of amides is 1. The van der Waals surface area contributed by atoms with Gasteiger partial charge in [0.05, 0.1) is 13.7 Å². The van der Waals surface area contributed by atoms with Gasteiger partial charge in [0, 0.05) is 6.54 Å². The second-order valence-electron chi connectivity index (χ2n) is 4.89. The predicted molar refractivity (Wildman–Crippen MR) is 85.7 cm³/mol. The number of ether oxygens (including phenoxy) is 2. The standard InChI is InChI=1S/C15H24N2O3.ClH/c1-11(8-16)9-17-15(18)12(2)20-10-13-5-4-6-14(7-13)19-3;/h4-7,11-12H,8-10,16H2,1-3H3,(H,17,18);1H. The molecule has 0 saturated heterocycles. The topological polar surface area (TPSA) is 73.6 Å². The van der Waals surface area contributed by atoms with Gasteiger partial charge in [-0.2, -0.15) is 0 Å². The van der Waals surface area contributed by atoms with Crippen molar-refractivity contribution in [3.63, 3.8) is 0 Å². The molecule has 0 aromatic heterocycles. The molecule has 0 aliphatic carbocycles. The Morgan fingerprint density at radius 3 is 2.71 bits per heavy atom. The highest BCUT2D eigenvalue weighted by atomic mass is 35.5. The number of halogens is 1. The highest BCUT2D eigenvalue weighted by Crippen LogP contribution is 2.13. The second kappa shape index (κ2) is 10.4. The van der Waals surface area contributed by atoms with Crippen molar-refractivity contribution in [2.75, 3.05) is 20.2 Å². The minimum absolute atomic E-state index is 0. The third kappa shape index (κ3) is 7.32. The number of nitrogens with two attached hydrogens (primary N) is 1. The molecule has 120 valence electrons. The highest BCUT2D eigenvalue weighted by molar-refractivity contribution is 5.85. The number of methoxy groups -OCH3 is 1. The van der Waals surface area contributed by atoms with Crippen molar-refractivity contribution in [1.82, 2.24) is 5.32 Å². The first-order valence-electron chi connectivity index (χ1n) is 6.79. The minimum atomic E-state index is -0.494. The van der Waals surface area contributed by atoms with Crippen molar-refractivity contribution in [2.24, 2.45) is 11.7 Å². The Labute approximate surface area is 132 Å². The van der Waals surface area contributed by atoms with Crippen LogP contribution in [0.25, 0.3) is 0 Å². The zero-order valence-electron chi connectivity index (χ0n) is 12.8. The molecule has 5 nitrogen and oxygen atoms in total. The zero-order valence-corrected chi connectivity index (χ0v) is 13.6. The SMILES string of the molecule is COc1cccc(COC(C)C(=O)NCC(C)CN)c1.Cl. The van der Waals surface area contributed by atoms with Gasteiger partial charge in [0.1, 0.15) is 11.9 Å². The van der Waals surface area contributed by atoms with E-state index in [2.05, 4.69) is 5.32 Å². The van der Waals surface area contributed by atoms with Crippen LogP contribution < -0.4 is 15.8 Å². The Kier molecular flexibility index (Phi) is 9.78. The lowest BCUT2D eigenvalue weighted by molar-refractivity contribution is -0.132. The smallest absolute Gasteiger partial charge is 0.248 e. The van der Waals surface area contributed by atoms with Crippen LogP contribution in [0.15, 0.2) is 24.3 Å². The van der Waals surface area contributed by atoms with Crippen molar-refractivity contribution >= 4 is 18.3 Å². The molecule has 0 fully saturated rings. The van der Waals surface area contributed by atoms with Crippen LogP contribution in [0.3, 0.4) is 0 Å². The first-order chi connectivity index (χ1) is 9.56. The molecule has 0 spiro atoms. The Morgan fingerprint density at radius 2 is 2.10 bits per heavy atom. The maximum atomic E-state index is 11.8. The Balaban J connectivity index is 0.00000400. The Bertz CT molecular complexity index is 429. The van der Waals surface area contributed by atoms with Crippen LogP contribution in [0, 0.1) is 5.92 Å². The number of hydrogen-bond donors (Lipinski definition) is 2. The van der Waals surface area contributed by atoms with Gasteiger partial charge in [-0.15, -0.1) is 12.4 Å². The molecule has 2 unspecified atom stereocenters. The van der Waals surface area contributed by atoms with E-state index in [1.807, 2.05) is 31.2 Å².